The lowest BCUT2D eigenvalue weighted by Crippen LogP contribution is -2.41. The van der Waals surface area contributed by atoms with Crippen LogP contribution in [0.15, 0.2) is 53.4 Å². The van der Waals surface area contributed by atoms with Gasteiger partial charge < -0.3 is 4.74 Å². The molecule has 0 radical (unpaired) electrons. The molecule has 146 valence electrons. The highest BCUT2D eigenvalue weighted by molar-refractivity contribution is 7.99. The number of carbonyl (C=O) groups is 2. The van der Waals surface area contributed by atoms with Gasteiger partial charge in [-0.1, -0.05) is 18.2 Å². The summed E-state index contributed by atoms with van der Waals surface area (Å²) in [5, 5.41) is 10.8. The maximum absolute atomic E-state index is 12.5. The summed E-state index contributed by atoms with van der Waals surface area (Å²) in [7, 11) is 0. The summed E-state index contributed by atoms with van der Waals surface area (Å²) in [4.78, 5) is 35.7. The number of hydrazine groups is 1. The first-order valence-corrected chi connectivity index (χ1v) is 9.71. The normalized spacial score (nSPS) is 15.8. The number of hydrogen-bond acceptors (Lipinski definition) is 6. The van der Waals surface area contributed by atoms with Crippen molar-refractivity contribution in [2.45, 2.75) is 23.8 Å². The molecule has 1 aliphatic heterocycles. The van der Waals surface area contributed by atoms with Crippen LogP contribution in [0.2, 0.25) is 0 Å². The standard InChI is InChI=1S/C19H19N3O5S/c23-18(13-5-3-6-14(11-13)22(25)26)20-21-19(24)16-8-1-2-9-17(16)28-12-15-7-4-10-27-15/h1-3,5-6,8-9,11,15H,4,7,10,12H2,(H,20,23)(H,21,24). The predicted molar refractivity (Wildman–Crippen MR) is 104 cm³/mol. The van der Waals surface area contributed by atoms with Crippen LogP contribution in [0.1, 0.15) is 33.6 Å². The van der Waals surface area contributed by atoms with E-state index in [1.54, 1.807) is 12.1 Å². The highest BCUT2D eigenvalue weighted by Crippen LogP contribution is 2.26. The van der Waals surface area contributed by atoms with Crippen molar-refractivity contribution in [2.24, 2.45) is 0 Å². The Hall–Kier alpha value is -2.91. The molecule has 2 N–H and O–H groups in total. The molecule has 9 heteroatoms. The number of hydrogen-bond donors (Lipinski definition) is 2. The average molecular weight is 401 g/mol. The summed E-state index contributed by atoms with van der Waals surface area (Å²) >= 11 is 1.53. The Morgan fingerprint density at radius 1 is 1.14 bits per heavy atom. The van der Waals surface area contributed by atoms with E-state index in [1.807, 2.05) is 12.1 Å². The molecule has 2 aromatic carbocycles. The lowest BCUT2D eigenvalue weighted by molar-refractivity contribution is -0.384. The number of nitro groups is 1. The maximum Gasteiger partial charge on any atom is 0.270 e. The van der Waals surface area contributed by atoms with Crippen LogP contribution in [-0.4, -0.2) is 35.2 Å². The Morgan fingerprint density at radius 3 is 2.68 bits per heavy atom. The van der Waals surface area contributed by atoms with E-state index < -0.39 is 16.7 Å². The van der Waals surface area contributed by atoms with Gasteiger partial charge in [0, 0.05) is 35.0 Å². The van der Waals surface area contributed by atoms with Gasteiger partial charge >= 0.3 is 0 Å². The van der Waals surface area contributed by atoms with Crippen LogP contribution in [0.3, 0.4) is 0 Å². The third-order valence-corrected chi connectivity index (χ3v) is 5.39. The molecule has 0 saturated carbocycles. The lowest BCUT2D eigenvalue weighted by atomic mass is 10.2. The number of benzene rings is 2. The van der Waals surface area contributed by atoms with Crippen LogP contribution in [0, 0.1) is 10.1 Å². The molecule has 0 spiro atoms. The Balaban J connectivity index is 1.60. The quantitative estimate of drug-likeness (QED) is 0.437. The molecule has 2 aromatic rings. The molecule has 1 aliphatic rings. The minimum atomic E-state index is -0.637. The molecule has 1 saturated heterocycles. The van der Waals surface area contributed by atoms with Gasteiger partial charge in [-0.2, -0.15) is 0 Å². The van der Waals surface area contributed by atoms with Gasteiger partial charge in [0.05, 0.1) is 16.6 Å². The molecule has 1 heterocycles. The number of thioether (sulfide) groups is 1. The first kappa shape index (κ1) is 19.8. The number of non-ortho nitro benzene ring substituents is 1. The fourth-order valence-electron chi connectivity index (χ4n) is 2.75. The highest BCUT2D eigenvalue weighted by atomic mass is 32.2. The van der Waals surface area contributed by atoms with Gasteiger partial charge in [-0.05, 0) is 31.0 Å². The number of ether oxygens (including phenoxy) is 1. The molecule has 0 aromatic heterocycles. The molecule has 1 fully saturated rings. The smallest absolute Gasteiger partial charge is 0.270 e. The van der Waals surface area contributed by atoms with E-state index in [9.17, 15) is 19.7 Å². The van der Waals surface area contributed by atoms with Gasteiger partial charge in [-0.15, -0.1) is 11.8 Å². The molecule has 28 heavy (non-hydrogen) atoms. The van der Waals surface area contributed by atoms with E-state index in [4.69, 9.17) is 4.74 Å². The number of carbonyl (C=O) groups excluding carboxylic acids is 2. The van der Waals surface area contributed by atoms with Gasteiger partial charge in [0.25, 0.3) is 17.5 Å². The maximum atomic E-state index is 12.5. The Bertz CT molecular complexity index is 883. The molecule has 0 bridgehead atoms. The van der Waals surface area contributed by atoms with Crippen molar-refractivity contribution in [1.29, 1.82) is 0 Å². The molecule has 1 unspecified atom stereocenters. The summed E-state index contributed by atoms with van der Waals surface area (Å²) < 4.78 is 5.60. The number of amides is 2. The summed E-state index contributed by atoms with van der Waals surface area (Å²) in [6.07, 6.45) is 2.26. The van der Waals surface area contributed by atoms with Gasteiger partial charge in [-0.25, -0.2) is 0 Å². The zero-order valence-electron chi connectivity index (χ0n) is 14.9. The lowest BCUT2D eigenvalue weighted by Gasteiger charge is -2.13. The minimum absolute atomic E-state index is 0.0792. The second-order valence-electron chi connectivity index (χ2n) is 6.16. The van der Waals surface area contributed by atoms with E-state index in [2.05, 4.69) is 10.9 Å². The predicted octanol–water partition coefficient (Wildman–Crippen LogP) is 2.94. The molecule has 0 aliphatic carbocycles. The van der Waals surface area contributed by atoms with E-state index in [-0.39, 0.29) is 17.4 Å². The monoisotopic (exact) mass is 401 g/mol. The second kappa shape index (κ2) is 9.34. The van der Waals surface area contributed by atoms with E-state index in [0.29, 0.717) is 5.56 Å². The van der Waals surface area contributed by atoms with Crippen molar-refractivity contribution in [2.75, 3.05) is 12.4 Å². The Morgan fingerprint density at radius 2 is 1.93 bits per heavy atom. The third kappa shape index (κ3) is 5.08. The number of nitrogens with one attached hydrogen (secondary N) is 2. The number of rotatable bonds is 6. The van der Waals surface area contributed by atoms with Crippen molar-refractivity contribution in [3.05, 3.63) is 69.8 Å². The molecule has 8 nitrogen and oxygen atoms in total. The van der Waals surface area contributed by atoms with Crippen molar-refractivity contribution in [3.63, 3.8) is 0 Å². The van der Waals surface area contributed by atoms with Crippen molar-refractivity contribution in [3.8, 4) is 0 Å². The molecular weight excluding hydrogens is 382 g/mol. The van der Waals surface area contributed by atoms with Gasteiger partial charge in [0.15, 0.2) is 0 Å². The van der Waals surface area contributed by atoms with E-state index in [0.717, 1.165) is 36.2 Å². The highest BCUT2D eigenvalue weighted by Gasteiger charge is 2.18. The summed E-state index contributed by atoms with van der Waals surface area (Å²) in [5.41, 5.74) is 4.97. The van der Waals surface area contributed by atoms with Crippen LogP contribution in [-0.2, 0) is 4.74 Å². The van der Waals surface area contributed by atoms with E-state index in [1.165, 1.54) is 30.0 Å². The summed E-state index contributed by atoms with van der Waals surface area (Å²) in [5.74, 6) is -0.347. The van der Waals surface area contributed by atoms with Gasteiger partial charge in [0.2, 0.25) is 0 Å². The first-order chi connectivity index (χ1) is 13.5. The van der Waals surface area contributed by atoms with Crippen molar-refractivity contribution >= 4 is 29.3 Å². The largest absolute Gasteiger partial charge is 0.377 e. The first-order valence-electron chi connectivity index (χ1n) is 8.73. The molecular formula is C19H19N3O5S. The SMILES string of the molecule is O=C(NNC(=O)c1ccccc1SCC1CCCO1)c1cccc([N+](=O)[O-])c1. The molecule has 1 atom stereocenters. The fourth-order valence-corrected chi connectivity index (χ4v) is 3.87. The molecule has 2 amide bonds. The van der Waals surface area contributed by atoms with Crippen molar-refractivity contribution < 1.29 is 19.2 Å². The third-order valence-electron chi connectivity index (χ3n) is 4.19. The Labute approximate surface area is 165 Å². The van der Waals surface area contributed by atoms with Crippen molar-refractivity contribution in [1.82, 2.24) is 10.9 Å². The zero-order chi connectivity index (χ0) is 19.9. The van der Waals surface area contributed by atoms with Gasteiger partial charge in [0.1, 0.15) is 0 Å². The van der Waals surface area contributed by atoms with Crippen LogP contribution in [0.4, 0.5) is 5.69 Å². The average Bonchev–Trinajstić information content (AvgIpc) is 3.24. The minimum Gasteiger partial charge on any atom is -0.377 e. The van der Waals surface area contributed by atoms with Crippen LogP contribution in [0.5, 0.6) is 0 Å². The second-order valence-corrected chi connectivity index (χ2v) is 7.22. The van der Waals surface area contributed by atoms with Gasteiger partial charge in [-0.3, -0.25) is 30.6 Å². The number of nitrogens with zero attached hydrogens (tertiary/aromatic N) is 1. The Kier molecular flexibility index (Phi) is 6.62. The zero-order valence-corrected chi connectivity index (χ0v) is 15.7. The molecule has 3 rings (SSSR count). The summed E-state index contributed by atoms with van der Waals surface area (Å²) in [6.45, 7) is 0.775. The topological polar surface area (TPSA) is 111 Å². The fraction of sp³-hybridized carbons (Fsp3) is 0.263. The van der Waals surface area contributed by atoms with Crippen LogP contribution < -0.4 is 10.9 Å². The van der Waals surface area contributed by atoms with Crippen LogP contribution in [0.25, 0.3) is 0 Å². The van der Waals surface area contributed by atoms with E-state index >= 15 is 0 Å². The summed E-state index contributed by atoms with van der Waals surface area (Å²) in [6, 6.07) is 12.4. The number of nitro benzene ring substituents is 1. The van der Waals surface area contributed by atoms with Crippen LogP contribution >= 0.6 is 11.8 Å².